The highest BCUT2D eigenvalue weighted by molar-refractivity contribution is 9.10. The van der Waals surface area contributed by atoms with Crippen LogP contribution in [0.25, 0.3) is 0 Å². The van der Waals surface area contributed by atoms with Gasteiger partial charge in [0.2, 0.25) is 0 Å². The Labute approximate surface area is 139 Å². The molecule has 3 amide bonds. The van der Waals surface area contributed by atoms with E-state index in [1.54, 1.807) is 20.8 Å². The van der Waals surface area contributed by atoms with Crippen molar-refractivity contribution < 1.29 is 14.3 Å². The van der Waals surface area contributed by atoms with Crippen LogP contribution in [-0.4, -0.2) is 35.7 Å². The predicted molar refractivity (Wildman–Crippen MR) is 88.4 cm³/mol. The van der Waals surface area contributed by atoms with Crippen LogP contribution in [0, 0.1) is 0 Å². The summed E-state index contributed by atoms with van der Waals surface area (Å²) >= 11 is 3.41. The molecule has 0 aliphatic carbocycles. The monoisotopic (exact) mass is 371 g/mol. The molecular formula is C15H22BrN3O3. The van der Waals surface area contributed by atoms with E-state index in [2.05, 4.69) is 21.2 Å². The number of carbonyl (C=O) groups excluding carboxylic acids is 2. The summed E-state index contributed by atoms with van der Waals surface area (Å²) in [6.45, 7) is 5.78. The average Bonchev–Trinajstić information content (AvgIpc) is 2.41. The van der Waals surface area contributed by atoms with Gasteiger partial charge in [-0.2, -0.15) is 0 Å². The molecule has 1 aromatic rings. The molecule has 0 saturated carbocycles. The minimum absolute atomic E-state index is 0.0940. The molecule has 0 fully saturated rings. The van der Waals surface area contributed by atoms with Crippen LogP contribution in [0.2, 0.25) is 0 Å². The molecular weight excluding hydrogens is 350 g/mol. The van der Waals surface area contributed by atoms with Crippen LogP contribution in [0.5, 0.6) is 0 Å². The molecule has 0 bridgehead atoms. The zero-order valence-electron chi connectivity index (χ0n) is 13.1. The van der Waals surface area contributed by atoms with Crippen LogP contribution in [0.4, 0.5) is 9.59 Å². The maximum absolute atomic E-state index is 12.2. The van der Waals surface area contributed by atoms with E-state index in [4.69, 9.17) is 10.5 Å². The topological polar surface area (TPSA) is 84.7 Å². The molecule has 0 aromatic heterocycles. The standard InChI is InChI=1S/C15H22BrN3O3/c1-15(2,3)22-14(21)19(9-8-17)13(20)18-10-11-6-4-5-7-12(11)16/h4-7H,8-10,17H2,1-3H3,(H,18,20). The molecule has 22 heavy (non-hydrogen) atoms. The fourth-order valence-corrected chi connectivity index (χ4v) is 2.05. The number of nitrogens with one attached hydrogen (secondary N) is 1. The summed E-state index contributed by atoms with van der Waals surface area (Å²) in [4.78, 5) is 25.2. The fraction of sp³-hybridized carbons (Fsp3) is 0.467. The van der Waals surface area contributed by atoms with Gasteiger partial charge in [0.25, 0.3) is 0 Å². The Morgan fingerprint density at radius 3 is 2.50 bits per heavy atom. The van der Waals surface area contributed by atoms with Crippen molar-refractivity contribution in [1.29, 1.82) is 0 Å². The van der Waals surface area contributed by atoms with Crippen molar-refractivity contribution in [3.63, 3.8) is 0 Å². The van der Waals surface area contributed by atoms with Crippen LogP contribution in [0.1, 0.15) is 26.3 Å². The van der Waals surface area contributed by atoms with Crippen molar-refractivity contribution in [3.05, 3.63) is 34.3 Å². The normalized spacial score (nSPS) is 11.0. The summed E-state index contributed by atoms with van der Waals surface area (Å²) in [5.74, 6) is 0. The second kappa shape index (κ2) is 8.14. The summed E-state index contributed by atoms with van der Waals surface area (Å²) in [5.41, 5.74) is 5.70. The zero-order chi connectivity index (χ0) is 16.8. The first-order valence-corrected chi connectivity index (χ1v) is 7.75. The summed E-state index contributed by atoms with van der Waals surface area (Å²) in [6.07, 6.45) is -0.706. The molecule has 122 valence electrons. The maximum Gasteiger partial charge on any atom is 0.418 e. The van der Waals surface area contributed by atoms with Crippen LogP contribution in [-0.2, 0) is 11.3 Å². The minimum Gasteiger partial charge on any atom is -0.443 e. The van der Waals surface area contributed by atoms with Crippen LogP contribution >= 0.6 is 15.9 Å². The molecule has 0 heterocycles. The second-order valence-corrected chi connectivity index (χ2v) is 6.53. The number of nitrogens with zero attached hydrogens (tertiary/aromatic N) is 1. The first kappa shape index (κ1) is 18.4. The number of halogens is 1. The Bertz CT molecular complexity index is 529. The van der Waals surface area contributed by atoms with E-state index in [0.717, 1.165) is 14.9 Å². The SMILES string of the molecule is CC(C)(C)OC(=O)N(CCN)C(=O)NCc1ccccc1Br. The molecule has 0 radical (unpaired) electrons. The molecule has 1 aromatic carbocycles. The van der Waals surface area contributed by atoms with Crippen LogP contribution in [0.15, 0.2) is 28.7 Å². The Morgan fingerprint density at radius 1 is 1.32 bits per heavy atom. The minimum atomic E-state index is -0.706. The molecule has 6 nitrogen and oxygen atoms in total. The van der Waals surface area contributed by atoms with Crippen molar-refractivity contribution in [3.8, 4) is 0 Å². The molecule has 0 atom stereocenters. The van der Waals surface area contributed by atoms with E-state index in [1.165, 1.54) is 0 Å². The van der Waals surface area contributed by atoms with Crippen LogP contribution in [0.3, 0.4) is 0 Å². The van der Waals surface area contributed by atoms with Gasteiger partial charge in [0.1, 0.15) is 5.60 Å². The van der Waals surface area contributed by atoms with E-state index in [0.29, 0.717) is 6.54 Å². The van der Waals surface area contributed by atoms with Gasteiger partial charge >= 0.3 is 12.1 Å². The summed E-state index contributed by atoms with van der Waals surface area (Å²) in [7, 11) is 0. The van der Waals surface area contributed by atoms with Gasteiger partial charge in [0.05, 0.1) is 0 Å². The summed E-state index contributed by atoms with van der Waals surface area (Å²) < 4.78 is 6.10. The number of nitrogens with two attached hydrogens (primary N) is 1. The number of ether oxygens (including phenoxy) is 1. The highest BCUT2D eigenvalue weighted by atomic mass is 79.9. The lowest BCUT2D eigenvalue weighted by atomic mass is 10.2. The highest BCUT2D eigenvalue weighted by Crippen LogP contribution is 2.15. The van der Waals surface area contributed by atoms with Gasteiger partial charge in [-0.1, -0.05) is 34.1 Å². The van der Waals surface area contributed by atoms with Gasteiger partial charge in [-0.25, -0.2) is 14.5 Å². The Balaban J connectivity index is 2.69. The van der Waals surface area contributed by atoms with Gasteiger partial charge in [-0.15, -0.1) is 0 Å². The lowest BCUT2D eigenvalue weighted by molar-refractivity contribution is 0.0325. The van der Waals surface area contributed by atoms with Crippen molar-refractivity contribution >= 4 is 28.1 Å². The first-order valence-electron chi connectivity index (χ1n) is 6.96. The van der Waals surface area contributed by atoms with Gasteiger partial charge in [-0.05, 0) is 32.4 Å². The molecule has 0 aliphatic rings. The van der Waals surface area contributed by atoms with Gasteiger partial charge in [-0.3, -0.25) is 0 Å². The first-order chi connectivity index (χ1) is 10.2. The molecule has 0 spiro atoms. The van der Waals surface area contributed by atoms with Gasteiger partial charge in [0.15, 0.2) is 0 Å². The number of amides is 3. The Morgan fingerprint density at radius 2 is 1.95 bits per heavy atom. The van der Waals surface area contributed by atoms with E-state index in [9.17, 15) is 9.59 Å². The lowest BCUT2D eigenvalue weighted by Gasteiger charge is -2.26. The third-order valence-electron chi connectivity index (χ3n) is 2.60. The number of hydrogen-bond donors (Lipinski definition) is 2. The lowest BCUT2D eigenvalue weighted by Crippen LogP contribution is -2.47. The summed E-state index contributed by atoms with van der Waals surface area (Å²) in [5, 5.41) is 2.69. The Kier molecular flexibility index (Phi) is 6.83. The van der Waals surface area contributed by atoms with E-state index in [-0.39, 0.29) is 13.1 Å². The van der Waals surface area contributed by atoms with Crippen molar-refractivity contribution in [2.75, 3.05) is 13.1 Å². The van der Waals surface area contributed by atoms with E-state index in [1.807, 2.05) is 24.3 Å². The van der Waals surface area contributed by atoms with Crippen molar-refractivity contribution in [2.45, 2.75) is 32.9 Å². The van der Waals surface area contributed by atoms with Crippen molar-refractivity contribution in [2.24, 2.45) is 5.73 Å². The molecule has 7 heteroatoms. The van der Waals surface area contributed by atoms with Crippen molar-refractivity contribution in [1.82, 2.24) is 10.2 Å². The molecule has 0 unspecified atom stereocenters. The number of carbonyl (C=O) groups is 2. The molecule has 0 aliphatic heterocycles. The number of imide groups is 1. The third kappa shape index (κ3) is 6.03. The largest absolute Gasteiger partial charge is 0.443 e. The zero-order valence-corrected chi connectivity index (χ0v) is 14.6. The quantitative estimate of drug-likeness (QED) is 0.851. The predicted octanol–water partition coefficient (Wildman–Crippen LogP) is 2.85. The van der Waals surface area contributed by atoms with E-state index < -0.39 is 17.7 Å². The fourth-order valence-electron chi connectivity index (χ4n) is 1.63. The highest BCUT2D eigenvalue weighted by Gasteiger charge is 2.26. The Hall–Kier alpha value is -1.60. The molecule has 1 rings (SSSR count). The number of hydrogen-bond acceptors (Lipinski definition) is 4. The smallest absolute Gasteiger partial charge is 0.418 e. The van der Waals surface area contributed by atoms with Gasteiger partial charge in [0, 0.05) is 24.1 Å². The molecule has 0 saturated heterocycles. The number of benzene rings is 1. The molecule has 3 N–H and O–H groups in total. The van der Waals surface area contributed by atoms with E-state index >= 15 is 0 Å². The number of urea groups is 1. The number of rotatable bonds is 4. The maximum atomic E-state index is 12.2. The van der Waals surface area contributed by atoms with Crippen LogP contribution < -0.4 is 11.1 Å². The second-order valence-electron chi connectivity index (χ2n) is 5.67. The third-order valence-corrected chi connectivity index (χ3v) is 3.37. The summed E-state index contributed by atoms with van der Waals surface area (Å²) in [6, 6.07) is 6.99. The van der Waals surface area contributed by atoms with Gasteiger partial charge < -0.3 is 15.8 Å². The average molecular weight is 372 g/mol.